The van der Waals surface area contributed by atoms with Gasteiger partial charge in [-0.15, -0.1) is 0 Å². The van der Waals surface area contributed by atoms with E-state index in [1.54, 1.807) is 14.2 Å². The van der Waals surface area contributed by atoms with Gasteiger partial charge in [-0.1, -0.05) is 121 Å². The second-order valence-electron chi connectivity index (χ2n) is 9.34. The molecular weight excluding hydrogens is 444 g/mol. The largest absolute Gasteiger partial charge is 0.279 e. The quantitative estimate of drug-likeness (QED) is 0.181. The van der Waals surface area contributed by atoms with Gasteiger partial charge in [0, 0.05) is 19.6 Å². The first-order valence-corrected chi connectivity index (χ1v) is 12.4. The maximum Gasteiger partial charge on any atom is 0.250 e. The monoisotopic (exact) mass is 476 g/mol. The molecule has 1 fully saturated rings. The van der Waals surface area contributed by atoms with E-state index in [0.29, 0.717) is 6.42 Å². The van der Waals surface area contributed by atoms with Crippen molar-refractivity contribution in [2.45, 2.75) is 18.0 Å². The summed E-state index contributed by atoms with van der Waals surface area (Å²) in [5.41, 5.74) is 4.20. The lowest BCUT2D eigenvalue weighted by Crippen LogP contribution is -2.43. The number of amides is 1. The molecule has 182 valence electrons. The molecule has 5 rings (SSSR count). The van der Waals surface area contributed by atoms with Crippen LogP contribution in [0.15, 0.2) is 121 Å². The number of nitrogens with zero attached hydrogens (tertiary/aromatic N) is 2. The highest BCUT2D eigenvalue weighted by Crippen LogP contribution is 2.50. The molecule has 4 aromatic rings. The molecule has 36 heavy (non-hydrogen) atoms. The van der Waals surface area contributed by atoms with Gasteiger partial charge in [-0.25, -0.2) is 5.06 Å². The Bertz CT molecular complexity index is 1170. The average molecular weight is 477 g/mol. The first-order valence-electron chi connectivity index (χ1n) is 12.4. The van der Waals surface area contributed by atoms with Crippen molar-refractivity contribution in [2.75, 3.05) is 20.7 Å². The maximum atomic E-state index is 13.6. The van der Waals surface area contributed by atoms with E-state index in [2.05, 4.69) is 108 Å². The van der Waals surface area contributed by atoms with Crippen molar-refractivity contribution in [2.24, 2.45) is 5.92 Å². The normalized spacial score (nSPS) is 17.8. The second kappa shape index (κ2) is 10.5. The third kappa shape index (κ3) is 4.46. The number of hydrogen-bond donors (Lipinski definition) is 0. The first-order chi connectivity index (χ1) is 17.7. The van der Waals surface area contributed by atoms with Crippen molar-refractivity contribution in [1.29, 1.82) is 0 Å². The fourth-order valence-electron chi connectivity index (χ4n) is 5.50. The van der Waals surface area contributed by atoms with E-state index in [1.165, 1.54) is 21.8 Å². The summed E-state index contributed by atoms with van der Waals surface area (Å²) in [7, 11) is 3.25. The van der Waals surface area contributed by atoms with Gasteiger partial charge in [0.15, 0.2) is 0 Å². The van der Waals surface area contributed by atoms with Crippen LogP contribution >= 0.6 is 0 Å². The van der Waals surface area contributed by atoms with Gasteiger partial charge in [0.25, 0.3) is 5.91 Å². The molecule has 0 spiro atoms. The summed E-state index contributed by atoms with van der Waals surface area (Å²) in [6.45, 7) is 0.805. The van der Waals surface area contributed by atoms with Crippen molar-refractivity contribution < 1.29 is 9.63 Å². The third-order valence-electron chi connectivity index (χ3n) is 7.32. The van der Waals surface area contributed by atoms with Gasteiger partial charge in [-0.2, -0.15) is 0 Å². The number of rotatable bonds is 9. The standard InChI is InChI=1S/C32H32N2O2/c1-33(36-2)31(35)29(23-25-15-7-3-8-16-25)30-24-34(30)32(26-17-9-4-10-18-26,27-19-11-5-12-20-27)28-21-13-6-14-22-28/h3-22,29-30H,23-24H2,1-2H3/t29-,30+,34?/m1/s1. The minimum atomic E-state index is -0.519. The van der Waals surface area contributed by atoms with Crippen molar-refractivity contribution in [3.05, 3.63) is 144 Å². The molecule has 4 aromatic carbocycles. The molecular formula is C32H32N2O2. The molecule has 1 aliphatic rings. The Morgan fingerprint density at radius 3 is 1.64 bits per heavy atom. The Balaban J connectivity index is 1.64. The fraction of sp³-hybridized carbons (Fsp3) is 0.219. The summed E-state index contributed by atoms with van der Waals surface area (Å²) in [5.74, 6) is -0.246. The molecule has 0 aromatic heterocycles. The van der Waals surface area contributed by atoms with Crippen molar-refractivity contribution in [1.82, 2.24) is 9.96 Å². The van der Waals surface area contributed by atoms with Crippen LogP contribution in [-0.4, -0.2) is 42.6 Å². The summed E-state index contributed by atoms with van der Waals surface area (Å²) in [6, 6.07) is 42.3. The van der Waals surface area contributed by atoms with E-state index in [4.69, 9.17) is 4.84 Å². The molecule has 0 radical (unpaired) electrons. The van der Waals surface area contributed by atoms with Crippen LogP contribution in [0.4, 0.5) is 0 Å². The van der Waals surface area contributed by atoms with Gasteiger partial charge in [0.2, 0.25) is 0 Å². The molecule has 1 heterocycles. The maximum absolute atomic E-state index is 13.6. The van der Waals surface area contributed by atoms with Crippen LogP contribution in [0.25, 0.3) is 0 Å². The fourth-order valence-corrected chi connectivity index (χ4v) is 5.50. The molecule has 4 nitrogen and oxygen atoms in total. The highest BCUT2D eigenvalue weighted by atomic mass is 16.7. The smallest absolute Gasteiger partial charge is 0.250 e. The van der Waals surface area contributed by atoms with Gasteiger partial charge in [0.1, 0.15) is 0 Å². The highest BCUT2D eigenvalue weighted by molar-refractivity contribution is 5.79. The lowest BCUT2D eigenvalue weighted by Gasteiger charge is -2.39. The number of hydrogen-bond acceptors (Lipinski definition) is 3. The SMILES string of the molecule is CON(C)C(=O)[C@H](Cc1ccccc1)[C@@H]1CN1C(c1ccccc1)(c1ccccc1)c1ccccc1. The van der Waals surface area contributed by atoms with E-state index >= 15 is 0 Å². The van der Waals surface area contributed by atoms with Crippen LogP contribution in [0.2, 0.25) is 0 Å². The topological polar surface area (TPSA) is 32.5 Å². The predicted molar refractivity (Wildman–Crippen MR) is 143 cm³/mol. The number of carbonyl (C=O) groups excluding carboxylic acids is 1. The minimum absolute atomic E-state index is 0.00284. The highest BCUT2D eigenvalue weighted by Gasteiger charge is 2.57. The van der Waals surface area contributed by atoms with E-state index in [9.17, 15) is 4.79 Å². The van der Waals surface area contributed by atoms with Crippen LogP contribution in [-0.2, 0) is 21.6 Å². The van der Waals surface area contributed by atoms with Gasteiger partial charge in [0.05, 0.1) is 18.6 Å². The van der Waals surface area contributed by atoms with E-state index < -0.39 is 5.54 Å². The second-order valence-corrected chi connectivity index (χ2v) is 9.34. The average Bonchev–Trinajstić information content (AvgIpc) is 3.74. The van der Waals surface area contributed by atoms with Crippen molar-refractivity contribution >= 4 is 5.91 Å². The molecule has 3 atom stereocenters. The molecule has 0 saturated carbocycles. The lowest BCUT2D eigenvalue weighted by molar-refractivity contribution is -0.173. The molecule has 1 saturated heterocycles. The van der Waals surface area contributed by atoms with Crippen LogP contribution in [0.5, 0.6) is 0 Å². The Labute approximate surface area is 213 Å². The van der Waals surface area contributed by atoms with Crippen LogP contribution in [0.1, 0.15) is 22.3 Å². The minimum Gasteiger partial charge on any atom is -0.279 e. The molecule has 1 unspecified atom stereocenters. The number of carbonyl (C=O) groups is 1. The molecule has 1 amide bonds. The summed E-state index contributed by atoms with van der Waals surface area (Å²) in [5, 5.41) is 1.37. The summed E-state index contributed by atoms with van der Waals surface area (Å²) in [6.07, 6.45) is 0.656. The van der Waals surface area contributed by atoms with Crippen LogP contribution < -0.4 is 0 Å². The van der Waals surface area contributed by atoms with Crippen molar-refractivity contribution in [3.8, 4) is 0 Å². The van der Waals surface area contributed by atoms with Crippen molar-refractivity contribution in [3.63, 3.8) is 0 Å². The van der Waals surface area contributed by atoms with Crippen LogP contribution in [0, 0.1) is 5.92 Å². The Hall–Kier alpha value is -3.73. The molecule has 1 aliphatic heterocycles. The molecule has 0 aliphatic carbocycles. The van der Waals surface area contributed by atoms with Gasteiger partial charge < -0.3 is 0 Å². The van der Waals surface area contributed by atoms with E-state index in [-0.39, 0.29) is 17.9 Å². The van der Waals surface area contributed by atoms with Gasteiger partial charge in [-0.05, 0) is 28.7 Å². The zero-order valence-electron chi connectivity index (χ0n) is 20.8. The zero-order valence-corrected chi connectivity index (χ0v) is 20.8. The lowest BCUT2D eigenvalue weighted by atomic mass is 9.76. The summed E-state index contributed by atoms with van der Waals surface area (Å²) < 4.78 is 0. The van der Waals surface area contributed by atoms with Gasteiger partial charge >= 0.3 is 0 Å². The van der Waals surface area contributed by atoms with Crippen LogP contribution in [0.3, 0.4) is 0 Å². The zero-order chi connectivity index (χ0) is 25.0. The number of hydroxylamine groups is 2. The number of benzene rings is 4. The Morgan fingerprint density at radius 1 is 0.806 bits per heavy atom. The Kier molecular flexibility index (Phi) is 6.99. The summed E-state index contributed by atoms with van der Waals surface area (Å²) >= 11 is 0. The first kappa shape index (κ1) is 24.0. The third-order valence-corrected chi connectivity index (χ3v) is 7.32. The predicted octanol–water partition coefficient (Wildman–Crippen LogP) is 5.54. The van der Waals surface area contributed by atoms with Gasteiger partial charge in [-0.3, -0.25) is 14.5 Å². The molecule has 0 bridgehead atoms. The van der Waals surface area contributed by atoms with E-state index in [0.717, 1.165) is 12.1 Å². The summed E-state index contributed by atoms with van der Waals surface area (Å²) in [4.78, 5) is 21.5. The Morgan fingerprint density at radius 2 is 1.22 bits per heavy atom. The molecule has 0 N–H and O–H groups in total. The van der Waals surface area contributed by atoms with E-state index in [1.807, 2.05) is 18.2 Å². The molecule has 4 heteroatoms.